The van der Waals surface area contributed by atoms with Crippen molar-refractivity contribution in [2.75, 3.05) is 10.8 Å². The fourth-order valence-corrected chi connectivity index (χ4v) is 6.27. The SMILES string of the molecule is CC[C@H](C)NC(=O)[C@@H](Cc1ccccc1)N(Cc1cccc(C)c1)C(=O)CN(c1ccccc1)S(=O)(=O)c1ccc(F)cc1. The van der Waals surface area contributed by atoms with Crippen molar-refractivity contribution in [1.29, 1.82) is 0 Å². The molecule has 44 heavy (non-hydrogen) atoms. The molecule has 0 saturated carbocycles. The van der Waals surface area contributed by atoms with E-state index in [1.165, 1.54) is 17.0 Å². The van der Waals surface area contributed by atoms with Gasteiger partial charge in [0.05, 0.1) is 10.6 Å². The molecular weight excluding hydrogens is 577 g/mol. The molecule has 4 aromatic rings. The van der Waals surface area contributed by atoms with Crippen LogP contribution in [0, 0.1) is 12.7 Å². The molecule has 4 rings (SSSR count). The Morgan fingerprint density at radius 3 is 2.07 bits per heavy atom. The number of nitrogens with one attached hydrogen (secondary N) is 1. The van der Waals surface area contributed by atoms with E-state index in [0.717, 1.165) is 33.1 Å². The van der Waals surface area contributed by atoms with Crippen molar-refractivity contribution in [3.8, 4) is 0 Å². The summed E-state index contributed by atoms with van der Waals surface area (Å²) in [5.74, 6) is -1.45. The van der Waals surface area contributed by atoms with Gasteiger partial charge in [0.25, 0.3) is 10.0 Å². The molecule has 0 aliphatic carbocycles. The molecule has 2 atom stereocenters. The van der Waals surface area contributed by atoms with Gasteiger partial charge in [0.2, 0.25) is 11.8 Å². The van der Waals surface area contributed by atoms with E-state index < -0.39 is 34.3 Å². The summed E-state index contributed by atoms with van der Waals surface area (Å²) in [6.45, 7) is 5.32. The minimum absolute atomic E-state index is 0.0885. The maximum Gasteiger partial charge on any atom is 0.264 e. The van der Waals surface area contributed by atoms with Crippen LogP contribution >= 0.6 is 0 Å². The van der Waals surface area contributed by atoms with Crippen LogP contribution in [0.15, 0.2) is 114 Å². The Kier molecular flexibility index (Phi) is 10.9. The highest BCUT2D eigenvalue weighted by Gasteiger charge is 2.35. The maximum atomic E-state index is 14.4. The minimum atomic E-state index is -4.29. The van der Waals surface area contributed by atoms with Gasteiger partial charge in [-0.15, -0.1) is 0 Å². The number of carbonyl (C=O) groups is 2. The zero-order chi connectivity index (χ0) is 31.7. The van der Waals surface area contributed by atoms with E-state index in [0.29, 0.717) is 6.42 Å². The lowest BCUT2D eigenvalue weighted by Gasteiger charge is -2.34. The third-order valence-corrected chi connectivity index (χ3v) is 9.22. The molecule has 0 aliphatic heterocycles. The molecule has 0 aliphatic rings. The topological polar surface area (TPSA) is 86.8 Å². The Balaban J connectivity index is 1.79. The number of benzene rings is 4. The summed E-state index contributed by atoms with van der Waals surface area (Å²) < 4.78 is 42.6. The molecule has 7 nitrogen and oxygen atoms in total. The Hall–Kier alpha value is -4.50. The van der Waals surface area contributed by atoms with Crippen LogP contribution in [-0.2, 0) is 32.6 Å². The van der Waals surface area contributed by atoms with Gasteiger partial charge in [-0.05, 0) is 67.8 Å². The van der Waals surface area contributed by atoms with E-state index in [9.17, 15) is 22.4 Å². The van der Waals surface area contributed by atoms with Crippen molar-refractivity contribution >= 4 is 27.5 Å². The predicted octanol–water partition coefficient (Wildman–Crippen LogP) is 5.88. The molecule has 0 fully saturated rings. The molecule has 9 heteroatoms. The Bertz CT molecular complexity index is 1650. The van der Waals surface area contributed by atoms with E-state index in [1.807, 2.05) is 75.4 Å². The van der Waals surface area contributed by atoms with E-state index in [4.69, 9.17) is 0 Å². The quantitative estimate of drug-likeness (QED) is 0.203. The molecular formula is C35H38FN3O4S. The van der Waals surface area contributed by atoms with Gasteiger partial charge in [0.1, 0.15) is 18.4 Å². The van der Waals surface area contributed by atoms with Gasteiger partial charge in [-0.3, -0.25) is 13.9 Å². The normalized spacial score (nSPS) is 12.6. The van der Waals surface area contributed by atoms with Crippen LogP contribution in [0.4, 0.5) is 10.1 Å². The zero-order valence-corrected chi connectivity index (χ0v) is 26.0. The van der Waals surface area contributed by atoms with Crippen LogP contribution in [0.5, 0.6) is 0 Å². The summed E-state index contributed by atoms with van der Waals surface area (Å²) in [5, 5.41) is 3.03. The van der Waals surface area contributed by atoms with Crippen LogP contribution in [0.2, 0.25) is 0 Å². The highest BCUT2D eigenvalue weighted by molar-refractivity contribution is 7.92. The Morgan fingerprint density at radius 2 is 1.45 bits per heavy atom. The maximum absolute atomic E-state index is 14.4. The van der Waals surface area contributed by atoms with Crippen LogP contribution < -0.4 is 9.62 Å². The number of halogens is 1. The van der Waals surface area contributed by atoms with Crippen LogP contribution in [0.25, 0.3) is 0 Å². The number of anilines is 1. The lowest BCUT2D eigenvalue weighted by Crippen LogP contribution is -2.54. The van der Waals surface area contributed by atoms with Crippen molar-refractivity contribution in [2.45, 2.75) is 57.1 Å². The fourth-order valence-electron chi connectivity index (χ4n) is 4.86. The third kappa shape index (κ3) is 8.32. The second kappa shape index (κ2) is 14.8. The van der Waals surface area contributed by atoms with Crippen LogP contribution in [-0.4, -0.2) is 43.8 Å². The first kappa shape index (κ1) is 32.4. The van der Waals surface area contributed by atoms with Gasteiger partial charge < -0.3 is 10.2 Å². The fraction of sp³-hybridized carbons (Fsp3) is 0.257. The van der Waals surface area contributed by atoms with E-state index in [1.54, 1.807) is 30.3 Å². The molecule has 0 bridgehead atoms. The summed E-state index contributed by atoms with van der Waals surface area (Å²) in [7, 11) is -4.29. The first-order chi connectivity index (χ1) is 21.1. The average Bonchev–Trinajstić information content (AvgIpc) is 3.02. The Labute approximate surface area is 259 Å². The van der Waals surface area contributed by atoms with Crippen molar-refractivity contribution in [3.63, 3.8) is 0 Å². The number of sulfonamides is 1. The van der Waals surface area contributed by atoms with Crippen molar-refractivity contribution in [1.82, 2.24) is 10.2 Å². The van der Waals surface area contributed by atoms with Gasteiger partial charge >= 0.3 is 0 Å². The summed E-state index contributed by atoms with van der Waals surface area (Å²) >= 11 is 0. The second-order valence-corrected chi connectivity index (χ2v) is 12.7. The number of aryl methyl sites for hydroxylation is 1. The highest BCUT2D eigenvalue weighted by Crippen LogP contribution is 2.25. The largest absolute Gasteiger partial charge is 0.352 e. The monoisotopic (exact) mass is 615 g/mol. The second-order valence-electron chi connectivity index (χ2n) is 10.8. The molecule has 0 heterocycles. The molecule has 0 saturated heterocycles. The zero-order valence-electron chi connectivity index (χ0n) is 25.2. The van der Waals surface area contributed by atoms with Gasteiger partial charge in [-0.2, -0.15) is 0 Å². The third-order valence-electron chi connectivity index (χ3n) is 7.43. The number of amides is 2. The molecule has 0 aromatic heterocycles. The van der Waals surface area contributed by atoms with Crippen molar-refractivity contribution in [2.24, 2.45) is 0 Å². The minimum Gasteiger partial charge on any atom is -0.352 e. The van der Waals surface area contributed by atoms with E-state index >= 15 is 0 Å². The number of rotatable bonds is 13. The van der Waals surface area contributed by atoms with Crippen LogP contribution in [0.1, 0.15) is 37.0 Å². The standard InChI is InChI=1S/C35H38FN3O4S/c1-4-27(3)37-35(41)33(23-28-13-7-5-8-14-28)38(24-29-15-11-12-26(2)22-29)34(40)25-39(31-16-9-6-10-17-31)44(42,43)32-20-18-30(36)19-21-32/h5-22,27,33H,4,23-25H2,1-3H3,(H,37,41)/t27-,33+/m0/s1. The lowest BCUT2D eigenvalue weighted by atomic mass is 10.0. The molecule has 0 radical (unpaired) electrons. The number of hydrogen-bond donors (Lipinski definition) is 1. The van der Waals surface area contributed by atoms with Crippen LogP contribution in [0.3, 0.4) is 0 Å². The Morgan fingerprint density at radius 1 is 0.841 bits per heavy atom. The van der Waals surface area contributed by atoms with Gasteiger partial charge in [0, 0.05) is 19.0 Å². The number of para-hydroxylation sites is 1. The first-order valence-corrected chi connectivity index (χ1v) is 16.0. The number of carbonyl (C=O) groups excluding carboxylic acids is 2. The van der Waals surface area contributed by atoms with Gasteiger partial charge in [-0.25, -0.2) is 12.8 Å². The van der Waals surface area contributed by atoms with Gasteiger partial charge in [0.15, 0.2) is 0 Å². The first-order valence-electron chi connectivity index (χ1n) is 14.6. The number of hydrogen-bond acceptors (Lipinski definition) is 4. The predicted molar refractivity (Wildman–Crippen MR) is 171 cm³/mol. The molecule has 230 valence electrons. The summed E-state index contributed by atoms with van der Waals surface area (Å²) in [6, 6.07) is 28.8. The smallest absolute Gasteiger partial charge is 0.264 e. The van der Waals surface area contributed by atoms with E-state index in [2.05, 4.69) is 5.32 Å². The van der Waals surface area contributed by atoms with Gasteiger partial charge in [-0.1, -0.05) is 85.3 Å². The summed E-state index contributed by atoms with van der Waals surface area (Å²) in [5.41, 5.74) is 2.92. The lowest BCUT2D eigenvalue weighted by molar-refractivity contribution is -0.140. The summed E-state index contributed by atoms with van der Waals surface area (Å²) in [6.07, 6.45) is 0.935. The molecule has 4 aromatic carbocycles. The molecule has 2 amide bonds. The summed E-state index contributed by atoms with van der Waals surface area (Å²) in [4.78, 5) is 29.6. The molecule has 1 N–H and O–H groups in total. The van der Waals surface area contributed by atoms with E-state index in [-0.39, 0.29) is 35.5 Å². The average molecular weight is 616 g/mol. The molecule has 0 spiro atoms. The highest BCUT2D eigenvalue weighted by atomic mass is 32.2. The number of nitrogens with zero attached hydrogens (tertiary/aromatic N) is 2. The van der Waals surface area contributed by atoms with Crippen molar-refractivity contribution < 1.29 is 22.4 Å². The van der Waals surface area contributed by atoms with Crippen molar-refractivity contribution in [3.05, 3.63) is 132 Å². The molecule has 0 unspecified atom stereocenters.